The molecule has 0 bridgehead atoms. The van der Waals surface area contributed by atoms with Crippen LogP contribution in [0.5, 0.6) is 11.5 Å². The third-order valence-corrected chi connectivity index (χ3v) is 5.18. The summed E-state index contributed by atoms with van der Waals surface area (Å²) >= 11 is 0. The Bertz CT molecular complexity index is 1460. The number of aromatic amines is 1. The van der Waals surface area contributed by atoms with Gasteiger partial charge in [0, 0.05) is 36.9 Å². The molecule has 0 aliphatic carbocycles. The van der Waals surface area contributed by atoms with Crippen molar-refractivity contribution in [2.45, 2.75) is 6.54 Å². The Kier molecular flexibility index (Phi) is 8.83. The van der Waals surface area contributed by atoms with Crippen molar-refractivity contribution in [2.75, 3.05) is 5.32 Å². The molecule has 0 spiro atoms. The van der Waals surface area contributed by atoms with Crippen LogP contribution in [0.4, 0.5) is 15.9 Å². The fourth-order valence-corrected chi connectivity index (χ4v) is 3.50. The van der Waals surface area contributed by atoms with Crippen LogP contribution in [0.2, 0.25) is 0 Å². The van der Waals surface area contributed by atoms with Gasteiger partial charge in [0.25, 0.3) is 5.91 Å². The van der Waals surface area contributed by atoms with Crippen LogP contribution < -0.4 is 15.4 Å². The molecule has 0 saturated heterocycles. The molecule has 0 atom stereocenters. The smallest absolute Gasteiger partial charge is 0.255 e. The maximum absolute atomic E-state index is 14.8. The monoisotopic (exact) mass is 525 g/mol. The molecule has 3 heterocycles. The number of carbonyl (C=O) groups is 1. The van der Waals surface area contributed by atoms with E-state index >= 15 is 0 Å². The van der Waals surface area contributed by atoms with Gasteiger partial charge in [-0.2, -0.15) is 0 Å². The maximum atomic E-state index is 14.8. The van der Waals surface area contributed by atoms with Crippen molar-refractivity contribution in [3.05, 3.63) is 108 Å². The predicted molar refractivity (Wildman–Crippen MR) is 142 cm³/mol. The van der Waals surface area contributed by atoms with Crippen molar-refractivity contribution in [3.8, 4) is 11.5 Å². The first kappa shape index (κ1) is 26.5. The number of pyridine rings is 2. The molecule has 0 saturated carbocycles. The van der Waals surface area contributed by atoms with Gasteiger partial charge in [0.1, 0.15) is 17.2 Å². The summed E-state index contributed by atoms with van der Waals surface area (Å²) in [6.07, 6.45) is 4.90. The van der Waals surface area contributed by atoms with Gasteiger partial charge in [-0.05, 0) is 42.0 Å². The Hall–Kier alpha value is -4.14. The molecule has 10 heteroatoms. The van der Waals surface area contributed by atoms with E-state index in [-0.39, 0.29) is 36.5 Å². The SMILES string of the molecule is Cl.Cl.O=C(NCc1ccccc1)c1cccnc1Nc1ccc(Oc2ccnc3[nH]ccc23)c(F)c1. The molecule has 5 rings (SSSR count). The number of anilines is 2. The first-order valence-corrected chi connectivity index (χ1v) is 10.6. The minimum atomic E-state index is -0.559. The second-order valence-corrected chi connectivity index (χ2v) is 7.49. The lowest BCUT2D eigenvalue weighted by Crippen LogP contribution is -2.24. The van der Waals surface area contributed by atoms with Crippen LogP contribution in [0.15, 0.2) is 91.4 Å². The zero-order chi connectivity index (χ0) is 23.3. The van der Waals surface area contributed by atoms with Crippen molar-refractivity contribution >= 4 is 53.3 Å². The Balaban J connectivity index is 0.00000180. The summed E-state index contributed by atoms with van der Waals surface area (Å²) in [4.78, 5) is 24.2. The number of carbonyl (C=O) groups excluding carboxylic acids is 1. The number of hydrogen-bond acceptors (Lipinski definition) is 5. The van der Waals surface area contributed by atoms with E-state index in [1.54, 1.807) is 42.9 Å². The molecule has 36 heavy (non-hydrogen) atoms. The summed E-state index contributed by atoms with van der Waals surface area (Å²) in [7, 11) is 0. The van der Waals surface area contributed by atoms with E-state index in [1.807, 2.05) is 36.4 Å². The Morgan fingerprint density at radius 3 is 2.56 bits per heavy atom. The molecule has 0 aliphatic heterocycles. The van der Waals surface area contributed by atoms with Gasteiger partial charge in [0.2, 0.25) is 0 Å². The molecule has 5 aromatic rings. The van der Waals surface area contributed by atoms with E-state index in [1.165, 1.54) is 12.1 Å². The Morgan fingerprint density at radius 2 is 1.75 bits per heavy atom. The highest BCUT2D eigenvalue weighted by molar-refractivity contribution is 5.99. The number of benzene rings is 2. The van der Waals surface area contributed by atoms with Gasteiger partial charge in [-0.3, -0.25) is 4.79 Å². The van der Waals surface area contributed by atoms with Gasteiger partial charge in [0.05, 0.1) is 10.9 Å². The van der Waals surface area contributed by atoms with Gasteiger partial charge < -0.3 is 20.4 Å². The number of fused-ring (bicyclic) bond motifs is 1. The lowest BCUT2D eigenvalue weighted by Gasteiger charge is -2.13. The minimum absolute atomic E-state index is 0. The topological polar surface area (TPSA) is 91.9 Å². The summed E-state index contributed by atoms with van der Waals surface area (Å²) in [6.45, 7) is 0.387. The van der Waals surface area contributed by atoms with E-state index in [0.29, 0.717) is 35.0 Å². The quantitative estimate of drug-likeness (QED) is 0.228. The molecular weight excluding hydrogens is 504 g/mol. The average molecular weight is 526 g/mol. The predicted octanol–water partition coefficient (Wildman–Crippen LogP) is 6.41. The lowest BCUT2D eigenvalue weighted by atomic mass is 10.2. The van der Waals surface area contributed by atoms with Crippen LogP contribution in [0.3, 0.4) is 0 Å². The number of halogens is 3. The summed E-state index contributed by atoms with van der Waals surface area (Å²) in [5.74, 6) is 0.0444. The molecule has 1 amide bonds. The number of H-pyrrole nitrogens is 1. The molecule has 0 fully saturated rings. The third kappa shape index (κ3) is 5.91. The number of ether oxygens (including phenoxy) is 1. The third-order valence-electron chi connectivity index (χ3n) is 5.18. The molecule has 184 valence electrons. The van der Waals surface area contributed by atoms with E-state index in [0.717, 1.165) is 10.9 Å². The second kappa shape index (κ2) is 12.0. The van der Waals surface area contributed by atoms with Crippen LogP contribution >= 0.6 is 24.8 Å². The largest absolute Gasteiger partial charge is 0.453 e. The Morgan fingerprint density at radius 1 is 0.917 bits per heavy atom. The van der Waals surface area contributed by atoms with Gasteiger partial charge in [-0.1, -0.05) is 30.3 Å². The highest BCUT2D eigenvalue weighted by Gasteiger charge is 2.14. The van der Waals surface area contributed by atoms with Crippen LogP contribution in [0.1, 0.15) is 15.9 Å². The highest BCUT2D eigenvalue weighted by atomic mass is 35.5. The van der Waals surface area contributed by atoms with Crippen molar-refractivity contribution in [1.82, 2.24) is 20.3 Å². The van der Waals surface area contributed by atoms with Gasteiger partial charge in [0.15, 0.2) is 11.6 Å². The molecule has 3 N–H and O–H groups in total. The van der Waals surface area contributed by atoms with Gasteiger partial charge >= 0.3 is 0 Å². The van der Waals surface area contributed by atoms with Crippen LogP contribution in [0, 0.1) is 5.82 Å². The van der Waals surface area contributed by atoms with Crippen molar-refractivity contribution < 1.29 is 13.9 Å². The number of hydrogen-bond donors (Lipinski definition) is 3. The number of nitrogens with zero attached hydrogens (tertiary/aromatic N) is 2. The molecule has 3 aromatic heterocycles. The highest BCUT2D eigenvalue weighted by Crippen LogP contribution is 2.31. The van der Waals surface area contributed by atoms with Crippen LogP contribution in [-0.4, -0.2) is 20.9 Å². The molecule has 7 nitrogen and oxygen atoms in total. The van der Waals surface area contributed by atoms with E-state index < -0.39 is 5.82 Å². The molecule has 2 aromatic carbocycles. The number of amides is 1. The number of rotatable bonds is 7. The minimum Gasteiger partial charge on any atom is -0.453 e. The fourth-order valence-electron chi connectivity index (χ4n) is 3.50. The van der Waals surface area contributed by atoms with Crippen LogP contribution in [0.25, 0.3) is 11.0 Å². The second-order valence-electron chi connectivity index (χ2n) is 7.49. The average Bonchev–Trinajstić information content (AvgIpc) is 3.35. The molecule has 0 radical (unpaired) electrons. The fraction of sp³-hybridized carbons (Fsp3) is 0.0385. The standard InChI is InChI=1S/C26H20FN5O2.2ClH/c27-21-15-18(8-9-23(21)34-22-11-14-30-24-19(22)10-13-29-24)32-25-20(7-4-12-28-25)26(33)31-16-17-5-2-1-3-6-17;;/h1-15H,16H2,(H,28,32)(H,29,30)(H,31,33);2*1H. The van der Waals surface area contributed by atoms with Gasteiger partial charge in [-0.15, -0.1) is 24.8 Å². The summed E-state index contributed by atoms with van der Waals surface area (Å²) in [5, 5.41) is 6.66. The Labute approximate surface area is 219 Å². The first-order chi connectivity index (χ1) is 16.7. The van der Waals surface area contributed by atoms with E-state index in [9.17, 15) is 9.18 Å². The maximum Gasteiger partial charge on any atom is 0.255 e. The molecule has 0 aliphatic rings. The molecule has 0 unspecified atom stereocenters. The lowest BCUT2D eigenvalue weighted by molar-refractivity contribution is 0.0951. The normalized spacial score (nSPS) is 10.1. The van der Waals surface area contributed by atoms with Crippen molar-refractivity contribution in [1.29, 1.82) is 0 Å². The molecular formula is C26H22Cl2FN5O2. The van der Waals surface area contributed by atoms with Crippen LogP contribution in [-0.2, 0) is 6.54 Å². The van der Waals surface area contributed by atoms with Crippen molar-refractivity contribution in [3.63, 3.8) is 0 Å². The summed E-state index contributed by atoms with van der Waals surface area (Å²) in [6, 6.07) is 20.9. The zero-order valence-corrected chi connectivity index (χ0v) is 20.4. The first-order valence-electron chi connectivity index (χ1n) is 10.6. The summed E-state index contributed by atoms with van der Waals surface area (Å²) < 4.78 is 20.6. The van der Waals surface area contributed by atoms with E-state index in [4.69, 9.17) is 4.74 Å². The van der Waals surface area contributed by atoms with Gasteiger partial charge in [-0.25, -0.2) is 14.4 Å². The summed E-state index contributed by atoms with van der Waals surface area (Å²) in [5.41, 5.74) is 2.43. The zero-order valence-electron chi connectivity index (χ0n) is 18.8. The van der Waals surface area contributed by atoms with Crippen molar-refractivity contribution in [2.24, 2.45) is 0 Å². The number of aromatic nitrogens is 3. The van der Waals surface area contributed by atoms with E-state index in [2.05, 4.69) is 25.6 Å². The number of nitrogens with one attached hydrogen (secondary N) is 3.